The molecular weight excluding hydrogens is 460 g/mol. The van der Waals surface area contributed by atoms with Gasteiger partial charge in [0.2, 0.25) is 0 Å². The van der Waals surface area contributed by atoms with Crippen LogP contribution in [0.5, 0.6) is 0 Å². The Morgan fingerprint density at radius 2 is 1.76 bits per heavy atom. The van der Waals surface area contributed by atoms with Crippen molar-refractivity contribution in [2.75, 3.05) is 27.2 Å². The third-order valence-corrected chi connectivity index (χ3v) is 7.80. The van der Waals surface area contributed by atoms with Crippen LogP contribution in [-0.2, 0) is 27.1 Å². The van der Waals surface area contributed by atoms with Crippen molar-refractivity contribution < 1.29 is 13.2 Å². The molecule has 174 valence electrons. The van der Waals surface area contributed by atoms with E-state index in [0.29, 0.717) is 42.9 Å². The number of likely N-dealkylation sites (tertiary alicyclic amines) is 1. The van der Waals surface area contributed by atoms with Crippen LogP contribution in [0.15, 0.2) is 64.6 Å². The highest BCUT2D eigenvalue weighted by Crippen LogP contribution is 2.32. The molecule has 1 saturated heterocycles. The van der Waals surface area contributed by atoms with E-state index in [4.69, 9.17) is 11.6 Å². The minimum atomic E-state index is -3.84. The van der Waals surface area contributed by atoms with Crippen LogP contribution in [0.1, 0.15) is 24.1 Å². The van der Waals surface area contributed by atoms with Crippen molar-refractivity contribution in [1.29, 1.82) is 0 Å². The maximum atomic E-state index is 13.6. The zero-order chi connectivity index (χ0) is 23.6. The van der Waals surface area contributed by atoms with E-state index < -0.39 is 10.0 Å². The number of carbonyl (C=O) groups is 1. The second-order valence-corrected chi connectivity index (χ2v) is 10.3. The molecule has 0 aliphatic carbocycles. The Hall–Kier alpha value is -2.84. The van der Waals surface area contributed by atoms with Crippen molar-refractivity contribution in [3.05, 3.63) is 65.9 Å². The Morgan fingerprint density at radius 1 is 1.06 bits per heavy atom. The van der Waals surface area contributed by atoms with E-state index >= 15 is 0 Å². The summed E-state index contributed by atoms with van der Waals surface area (Å²) in [5.74, 6) is -0.0276. The van der Waals surface area contributed by atoms with Crippen molar-refractivity contribution in [3.8, 4) is 0 Å². The van der Waals surface area contributed by atoms with Gasteiger partial charge >= 0.3 is 0 Å². The zero-order valence-corrected chi connectivity index (χ0v) is 20.3. The first-order valence-corrected chi connectivity index (χ1v) is 12.8. The van der Waals surface area contributed by atoms with Gasteiger partial charge in [-0.15, -0.1) is 11.6 Å². The van der Waals surface area contributed by atoms with Gasteiger partial charge in [-0.25, -0.2) is 12.4 Å². The highest BCUT2D eigenvalue weighted by molar-refractivity contribution is 7.90. The van der Waals surface area contributed by atoms with Gasteiger partial charge in [0, 0.05) is 32.6 Å². The summed E-state index contributed by atoms with van der Waals surface area (Å²) < 4.78 is 28.5. The minimum Gasteiger partial charge on any atom is -0.337 e. The van der Waals surface area contributed by atoms with Crippen molar-refractivity contribution in [2.24, 2.45) is 5.10 Å². The van der Waals surface area contributed by atoms with Crippen molar-refractivity contribution >= 4 is 44.1 Å². The molecule has 3 aromatic rings. The summed E-state index contributed by atoms with van der Waals surface area (Å²) in [5, 5.41) is 6.81. The Labute approximate surface area is 199 Å². The fraction of sp³-hybridized carbons (Fsp3) is 0.333. The van der Waals surface area contributed by atoms with Crippen LogP contribution in [0.25, 0.3) is 10.9 Å². The molecule has 33 heavy (non-hydrogen) atoms. The zero-order valence-electron chi connectivity index (χ0n) is 18.7. The lowest BCUT2D eigenvalue weighted by molar-refractivity contribution is -0.125. The van der Waals surface area contributed by atoms with Gasteiger partial charge < -0.3 is 9.91 Å². The Morgan fingerprint density at radius 3 is 2.45 bits per heavy atom. The van der Waals surface area contributed by atoms with Crippen molar-refractivity contribution in [1.82, 2.24) is 13.9 Å². The standard InChI is InChI=1S/C24H27ClN4O3S/c1-27(2)26-21-12-8-15-28(24(21)30)16-14-20-19-11-6-7-13-22(19)29(23(20)17-25)33(31,32)18-9-4-3-5-10-18/h3-7,9-11,13H,8,12,14-17H2,1-2H3/b26-21+. The van der Waals surface area contributed by atoms with E-state index in [1.807, 2.05) is 18.2 Å². The number of para-hydroxylation sites is 1. The summed E-state index contributed by atoms with van der Waals surface area (Å²) in [6, 6.07) is 15.8. The number of nitrogens with zero attached hydrogens (tertiary/aromatic N) is 4. The lowest BCUT2D eigenvalue weighted by Gasteiger charge is -2.28. The normalized spacial score (nSPS) is 16.0. The molecule has 0 atom stereocenters. The molecule has 0 unspecified atom stereocenters. The Bertz CT molecular complexity index is 1300. The second kappa shape index (κ2) is 9.57. The molecule has 1 fully saturated rings. The number of aromatic nitrogens is 1. The average Bonchev–Trinajstić information content (AvgIpc) is 3.14. The first kappa shape index (κ1) is 23.3. The van der Waals surface area contributed by atoms with Crippen LogP contribution in [0.4, 0.5) is 0 Å². The number of benzene rings is 2. The first-order chi connectivity index (χ1) is 15.8. The number of piperidine rings is 1. The molecule has 1 aromatic heterocycles. The summed E-state index contributed by atoms with van der Waals surface area (Å²) in [4.78, 5) is 14.9. The number of alkyl halides is 1. The summed E-state index contributed by atoms with van der Waals surface area (Å²) in [5.41, 5.74) is 2.53. The molecule has 0 radical (unpaired) electrons. The SMILES string of the molecule is CN(C)/N=C1\CCCN(CCc2c(CCl)n(S(=O)(=O)c3ccccc3)c3ccccc23)C1=O. The molecule has 4 rings (SSSR count). The van der Waals surface area contributed by atoms with Crippen LogP contribution in [0.3, 0.4) is 0 Å². The molecule has 1 aliphatic heterocycles. The van der Waals surface area contributed by atoms with Crippen LogP contribution >= 0.6 is 11.6 Å². The number of amides is 1. The predicted molar refractivity (Wildman–Crippen MR) is 131 cm³/mol. The lowest BCUT2D eigenvalue weighted by atomic mass is 10.0. The van der Waals surface area contributed by atoms with E-state index in [-0.39, 0.29) is 16.7 Å². The number of hydrogen-bond donors (Lipinski definition) is 0. The summed E-state index contributed by atoms with van der Waals surface area (Å²) in [6.45, 7) is 1.12. The lowest BCUT2D eigenvalue weighted by Crippen LogP contribution is -2.43. The van der Waals surface area contributed by atoms with Crippen molar-refractivity contribution in [2.45, 2.75) is 30.0 Å². The molecule has 9 heteroatoms. The van der Waals surface area contributed by atoms with Gasteiger partial charge in [-0.3, -0.25) is 4.79 Å². The molecule has 1 aliphatic rings. The van der Waals surface area contributed by atoms with E-state index in [9.17, 15) is 13.2 Å². The Balaban J connectivity index is 1.73. The van der Waals surface area contributed by atoms with Gasteiger partial charge in [0.25, 0.3) is 15.9 Å². The molecule has 7 nitrogen and oxygen atoms in total. The topological polar surface area (TPSA) is 75.0 Å². The highest BCUT2D eigenvalue weighted by Gasteiger charge is 2.28. The van der Waals surface area contributed by atoms with Crippen LogP contribution in [-0.4, -0.2) is 61.1 Å². The quantitative estimate of drug-likeness (QED) is 0.377. The maximum absolute atomic E-state index is 13.6. The first-order valence-electron chi connectivity index (χ1n) is 10.9. The number of rotatable bonds is 7. The molecular formula is C24H27ClN4O3S. The van der Waals surface area contributed by atoms with Gasteiger partial charge in [-0.2, -0.15) is 5.10 Å². The number of hydrogen-bond acceptors (Lipinski definition) is 5. The van der Waals surface area contributed by atoms with Gasteiger partial charge in [0.05, 0.1) is 22.0 Å². The minimum absolute atomic E-state index is 0.0390. The Kier molecular flexibility index (Phi) is 6.76. The molecule has 0 bridgehead atoms. The largest absolute Gasteiger partial charge is 0.337 e. The predicted octanol–water partition coefficient (Wildman–Crippen LogP) is 3.70. The monoisotopic (exact) mass is 486 g/mol. The number of hydrazone groups is 1. The molecule has 0 spiro atoms. The van der Waals surface area contributed by atoms with Crippen molar-refractivity contribution in [3.63, 3.8) is 0 Å². The smallest absolute Gasteiger partial charge is 0.270 e. The molecule has 2 aromatic carbocycles. The number of halogens is 1. The average molecular weight is 487 g/mol. The van der Waals surface area contributed by atoms with Gasteiger partial charge in [0.1, 0.15) is 5.71 Å². The number of carbonyl (C=O) groups excluding carboxylic acids is 1. The molecule has 0 saturated carbocycles. The fourth-order valence-electron chi connectivity index (χ4n) is 4.34. The van der Waals surface area contributed by atoms with Gasteiger partial charge in [-0.1, -0.05) is 36.4 Å². The van der Waals surface area contributed by atoms with Gasteiger partial charge in [0.15, 0.2) is 0 Å². The van der Waals surface area contributed by atoms with Crippen LogP contribution in [0.2, 0.25) is 0 Å². The van der Waals surface area contributed by atoms with E-state index in [1.54, 1.807) is 60.4 Å². The molecule has 1 amide bonds. The maximum Gasteiger partial charge on any atom is 0.270 e. The van der Waals surface area contributed by atoms with E-state index in [1.165, 1.54) is 3.97 Å². The summed E-state index contributed by atoms with van der Waals surface area (Å²) in [7, 11) is -0.237. The molecule has 2 heterocycles. The van der Waals surface area contributed by atoms with Crippen LogP contribution < -0.4 is 0 Å². The third-order valence-electron chi connectivity index (χ3n) is 5.78. The highest BCUT2D eigenvalue weighted by atomic mass is 35.5. The van der Waals surface area contributed by atoms with E-state index in [0.717, 1.165) is 17.4 Å². The fourth-order valence-corrected chi connectivity index (χ4v) is 6.28. The summed E-state index contributed by atoms with van der Waals surface area (Å²) in [6.07, 6.45) is 2.01. The van der Waals surface area contributed by atoms with Crippen LogP contribution in [0, 0.1) is 0 Å². The third kappa shape index (κ3) is 4.50. The van der Waals surface area contributed by atoms with Gasteiger partial charge in [-0.05, 0) is 43.0 Å². The van der Waals surface area contributed by atoms with E-state index in [2.05, 4.69) is 5.10 Å². The number of fused-ring (bicyclic) bond motifs is 1. The second-order valence-electron chi connectivity index (χ2n) is 8.20. The summed E-state index contributed by atoms with van der Waals surface area (Å²) >= 11 is 6.34. The molecule has 0 N–H and O–H groups in total.